The van der Waals surface area contributed by atoms with Gasteiger partial charge in [-0.15, -0.1) is 0 Å². The third kappa shape index (κ3) is 3.30. The Bertz CT molecular complexity index is 874. The van der Waals surface area contributed by atoms with Crippen molar-refractivity contribution >= 4 is 0 Å². The average Bonchev–Trinajstić information content (AvgIpc) is 2.67. The second kappa shape index (κ2) is 7.14. The SMILES string of the molecule is COc1ccc(-c2nc(OC)nc(-c3ccc(OC)cc3O)n2)c(O)c1. The predicted octanol–water partition coefficient (Wildman–Crippen LogP) is 2.64. The number of aromatic hydroxyl groups is 2. The number of phenolic OH excluding ortho intramolecular Hbond substituents is 2. The van der Waals surface area contributed by atoms with Crippen molar-refractivity contribution in [3.05, 3.63) is 36.4 Å². The summed E-state index contributed by atoms with van der Waals surface area (Å²) in [7, 11) is 4.43. The molecule has 8 nitrogen and oxygen atoms in total. The van der Waals surface area contributed by atoms with Gasteiger partial charge in [0, 0.05) is 12.1 Å². The Hall–Kier alpha value is -3.55. The van der Waals surface area contributed by atoms with Gasteiger partial charge in [0.15, 0.2) is 11.6 Å². The maximum absolute atomic E-state index is 10.2. The number of nitrogens with zero attached hydrogens (tertiary/aromatic N) is 3. The molecule has 0 unspecified atom stereocenters. The Kier molecular flexibility index (Phi) is 4.74. The molecule has 0 amide bonds. The number of hydrogen-bond acceptors (Lipinski definition) is 8. The molecule has 3 aromatic rings. The molecule has 1 heterocycles. The predicted molar refractivity (Wildman–Crippen MR) is 93.7 cm³/mol. The first-order chi connectivity index (χ1) is 12.5. The number of ether oxygens (including phenoxy) is 3. The van der Waals surface area contributed by atoms with Crippen LogP contribution in [0.25, 0.3) is 22.8 Å². The molecule has 0 saturated carbocycles. The van der Waals surface area contributed by atoms with Crippen molar-refractivity contribution in [3.63, 3.8) is 0 Å². The van der Waals surface area contributed by atoms with E-state index in [9.17, 15) is 10.2 Å². The smallest absolute Gasteiger partial charge is 0.320 e. The first-order valence-corrected chi connectivity index (χ1v) is 7.60. The van der Waals surface area contributed by atoms with E-state index in [2.05, 4.69) is 15.0 Å². The molecule has 0 aliphatic carbocycles. The van der Waals surface area contributed by atoms with Crippen LogP contribution in [0.5, 0.6) is 29.0 Å². The van der Waals surface area contributed by atoms with Crippen LogP contribution in [0.1, 0.15) is 0 Å². The van der Waals surface area contributed by atoms with Crippen molar-refractivity contribution in [2.75, 3.05) is 21.3 Å². The quantitative estimate of drug-likeness (QED) is 0.719. The fraction of sp³-hybridized carbons (Fsp3) is 0.167. The maximum Gasteiger partial charge on any atom is 0.320 e. The van der Waals surface area contributed by atoms with Gasteiger partial charge in [-0.3, -0.25) is 0 Å². The lowest BCUT2D eigenvalue weighted by Gasteiger charge is -2.10. The molecule has 0 atom stereocenters. The molecule has 26 heavy (non-hydrogen) atoms. The Labute approximate surface area is 149 Å². The molecule has 2 N–H and O–H groups in total. The topological polar surface area (TPSA) is 107 Å². The van der Waals surface area contributed by atoms with E-state index in [0.717, 1.165) is 0 Å². The summed E-state index contributed by atoms with van der Waals surface area (Å²) >= 11 is 0. The van der Waals surface area contributed by atoms with E-state index in [-0.39, 0.29) is 29.2 Å². The van der Waals surface area contributed by atoms with E-state index in [4.69, 9.17) is 14.2 Å². The van der Waals surface area contributed by atoms with Crippen molar-refractivity contribution in [1.29, 1.82) is 0 Å². The molecule has 0 spiro atoms. The largest absolute Gasteiger partial charge is 0.507 e. The number of aromatic nitrogens is 3. The van der Waals surface area contributed by atoms with Crippen LogP contribution in [-0.2, 0) is 0 Å². The van der Waals surface area contributed by atoms with E-state index >= 15 is 0 Å². The van der Waals surface area contributed by atoms with Gasteiger partial charge in [0.1, 0.15) is 23.0 Å². The monoisotopic (exact) mass is 355 g/mol. The number of benzene rings is 2. The number of phenols is 2. The van der Waals surface area contributed by atoms with Crippen LogP contribution >= 0.6 is 0 Å². The van der Waals surface area contributed by atoms with Crippen LogP contribution in [-0.4, -0.2) is 46.5 Å². The van der Waals surface area contributed by atoms with Gasteiger partial charge >= 0.3 is 6.01 Å². The van der Waals surface area contributed by atoms with Gasteiger partial charge in [0.2, 0.25) is 0 Å². The third-order valence-corrected chi connectivity index (χ3v) is 3.69. The molecule has 0 fully saturated rings. The van der Waals surface area contributed by atoms with Gasteiger partial charge in [-0.2, -0.15) is 9.97 Å². The first-order valence-electron chi connectivity index (χ1n) is 7.60. The lowest BCUT2D eigenvalue weighted by molar-refractivity contribution is 0.379. The molecule has 0 bridgehead atoms. The van der Waals surface area contributed by atoms with E-state index in [1.54, 1.807) is 24.3 Å². The molecule has 0 saturated heterocycles. The van der Waals surface area contributed by atoms with E-state index in [1.165, 1.54) is 33.5 Å². The molecular formula is C18H17N3O5. The van der Waals surface area contributed by atoms with E-state index in [0.29, 0.717) is 22.6 Å². The Morgan fingerprint density at radius 1 is 0.654 bits per heavy atom. The molecule has 0 radical (unpaired) electrons. The second-order valence-corrected chi connectivity index (χ2v) is 5.24. The van der Waals surface area contributed by atoms with Crippen LogP contribution < -0.4 is 14.2 Å². The van der Waals surface area contributed by atoms with Crippen molar-refractivity contribution in [1.82, 2.24) is 15.0 Å². The van der Waals surface area contributed by atoms with Gasteiger partial charge in [0.05, 0.1) is 32.5 Å². The minimum Gasteiger partial charge on any atom is -0.507 e. The van der Waals surface area contributed by atoms with Gasteiger partial charge in [0.25, 0.3) is 0 Å². The van der Waals surface area contributed by atoms with Crippen LogP contribution in [0.15, 0.2) is 36.4 Å². The summed E-state index contributed by atoms with van der Waals surface area (Å²) in [6.07, 6.45) is 0. The molecule has 0 aliphatic heterocycles. The van der Waals surface area contributed by atoms with Crippen LogP contribution in [0.2, 0.25) is 0 Å². The van der Waals surface area contributed by atoms with Crippen molar-refractivity contribution in [3.8, 4) is 51.8 Å². The first kappa shape index (κ1) is 17.3. The fourth-order valence-electron chi connectivity index (χ4n) is 2.34. The van der Waals surface area contributed by atoms with Crippen molar-refractivity contribution < 1.29 is 24.4 Å². The summed E-state index contributed by atoms with van der Waals surface area (Å²) < 4.78 is 15.3. The minimum atomic E-state index is -0.0532. The summed E-state index contributed by atoms with van der Waals surface area (Å²) in [5.74, 6) is 1.29. The molecule has 134 valence electrons. The maximum atomic E-state index is 10.2. The highest BCUT2D eigenvalue weighted by Crippen LogP contribution is 2.34. The summed E-state index contributed by atoms with van der Waals surface area (Å²) in [4.78, 5) is 12.7. The number of methoxy groups -OCH3 is 3. The highest BCUT2D eigenvalue weighted by molar-refractivity contribution is 5.70. The molecule has 8 heteroatoms. The standard InChI is InChI=1S/C18H17N3O5/c1-24-10-4-6-12(14(22)8-10)16-19-17(21-18(20-16)26-3)13-7-5-11(25-2)9-15(13)23/h4-9,22-23H,1-3H3. The summed E-state index contributed by atoms with van der Waals surface area (Å²) in [5, 5.41) is 20.5. The highest BCUT2D eigenvalue weighted by Gasteiger charge is 2.16. The third-order valence-electron chi connectivity index (χ3n) is 3.69. The molecule has 1 aromatic heterocycles. The lowest BCUT2D eigenvalue weighted by atomic mass is 10.1. The summed E-state index contributed by atoms with van der Waals surface area (Å²) in [6.45, 7) is 0. The van der Waals surface area contributed by atoms with E-state index < -0.39 is 0 Å². The number of hydrogen-bond donors (Lipinski definition) is 2. The van der Waals surface area contributed by atoms with Gasteiger partial charge in [-0.25, -0.2) is 4.98 Å². The van der Waals surface area contributed by atoms with E-state index in [1.807, 2.05) is 0 Å². The van der Waals surface area contributed by atoms with Crippen LogP contribution in [0.4, 0.5) is 0 Å². The van der Waals surface area contributed by atoms with Crippen LogP contribution in [0.3, 0.4) is 0 Å². The minimum absolute atomic E-state index is 0.0513. The summed E-state index contributed by atoms with van der Waals surface area (Å²) in [5.41, 5.74) is 0.751. The molecule has 2 aromatic carbocycles. The molecular weight excluding hydrogens is 338 g/mol. The van der Waals surface area contributed by atoms with Crippen LogP contribution in [0, 0.1) is 0 Å². The number of rotatable bonds is 5. The molecule has 3 rings (SSSR count). The normalized spacial score (nSPS) is 10.4. The van der Waals surface area contributed by atoms with Gasteiger partial charge in [-0.05, 0) is 24.3 Å². The zero-order valence-electron chi connectivity index (χ0n) is 14.4. The summed E-state index contributed by atoms with van der Waals surface area (Å²) in [6, 6.07) is 9.56. The second-order valence-electron chi connectivity index (χ2n) is 5.24. The highest BCUT2D eigenvalue weighted by atomic mass is 16.5. The van der Waals surface area contributed by atoms with Crippen molar-refractivity contribution in [2.45, 2.75) is 0 Å². The fourth-order valence-corrected chi connectivity index (χ4v) is 2.34. The molecule has 0 aliphatic rings. The Morgan fingerprint density at radius 3 is 1.46 bits per heavy atom. The lowest BCUT2D eigenvalue weighted by Crippen LogP contribution is -2.01. The Morgan fingerprint density at radius 2 is 1.12 bits per heavy atom. The van der Waals surface area contributed by atoms with Gasteiger partial charge < -0.3 is 24.4 Å². The zero-order valence-corrected chi connectivity index (χ0v) is 14.4. The Balaban J connectivity index is 2.13. The zero-order chi connectivity index (χ0) is 18.7. The average molecular weight is 355 g/mol. The van der Waals surface area contributed by atoms with Gasteiger partial charge in [-0.1, -0.05) is 0 Å². The van der Waals surface area contributed by atoms with Crippen molar-refractivity contribution in [2.24, 2.45) is 0 Å².